The molecule has 0 aliphatic rings. The number of benzene rings is 2. The summed E-state index contributed by atoms with van der Waals surface area (Å²) in [6.45, 7) is 0. The highest BCUT2D eigenvalue weighted by Crippen LogP contribution is 2.20. The van der Waals surface area contributed by atoms with E-state index in [2.05, 4.69) is 6.07 Å². The van der Waals surface area contributed by atoms with Crippen LogP contribution < -0.4 is 5.11 Å². The van der Waals surface area contributed by atoms with Gasteiger partial charge in [0.2, 0.25) is 0 Å². The van der Waals surface area contributed by atoms with Crippen LogP contribution in [-0.2, 0) is 0 Å². The van der Waals surface area contributed by atoms with Crippen LogP contribution in [0.4, 0.5) is 0 Å². The lowest BCUT2D eigenvalue weighted by Crippen LogP contribution is -2.21. The molecule has 0 bridgehead atoms. The van der Waals surface area contributed by atoms with Gasteiger partial charge >= 0.3 is 0 Å². The number of nitriles is 1. The second kappa shape index (κ2) is 6.78. The highest BCUT2D eigenvalue weighted by molar-refractivity contribution is 7.98. The Bertz CT molecular complexity index is 710. The van der Waals surface area contributed by atoms with Crippen molar-refractivity contribution in [1.82, 2.24) is 0 Å². The Kier molecular flexibility index (Phi) is 4.81. The molecule has 2 aromatic carbocycles. The third-order valence-corrected chi connectivity index (χ3v) is 3.72. The molecule has 2 aromatic rings. The van der Waals surface area contributed by atoms with Gasteiger partial charge in [-0.2, -0.15) is 5.26 Å². The summed E-state index contributed by atoms with van der Waals surface area (Å²) >= 11 is 1.66. The number of carbonyl (C=O) groups excluding carboxylic acids is 1. The Morgan fingerprint density at radius 3 is 2.14 bits per heavy atom. The molecule has 104 valence electrons. The van der Waals surface area contributed by atoms with E-state index in [0.717, 1.165) is 10.5 Å². The molecule has 0 unspecified atom stereocenters. The molecular weight excluding hydrogens is 282 g/mol. The van der Waals surface area contributed by atoms with Crippen LogP contribution in [0, 0.1) is 11.3 Å². The third kappa shape index (κ3) is 3.74. The molecule has 0 atom stereocenters. The zero-order valence-electron chi connectivity index (χ0n) is 11.4. The Morgan fingerprint density at radius 1 is 1.10 bits per heavy atom. The minimum atomic E-state index is -1.23. The molecule has 0 aliphatic heterocycles. The van der Waals surface area contributed by atoms with Crippen molar-refractivity contribution in [1.29, 1.82) is 5.26 Å². The van der Waals surface area contributed by atoms with E-state index in [1.54, 1.807) is 30.0 Å². The molecule has 3 nitrogen and oxygen atoms in total. The molecule has 0 aromatic heterocycles. The number of carboxylic acid groups (broad SMARTS) is 1. The van der Waals surface area contributed by atoms with E-state index < -0.39 is 5.97 Å². The number of hydrogen-bond acceptors (Lipinski definition) is 4. The molecule has 0 amide bonds. The van der Waals surface area contributed by atoms with Crippen molar-refractivity contribution in [2.45, 2.75) is 4.90 Å². The van der Waals surface area contributed by atoms with Gasteiger partial charge in [-0.15, -0.1) is 11.8 Å². The van der Waals surface area contributed by atoms with E-state index in [-0.39, 0.29) is 5.56 Å². The standard InChI is InChI=1S/C17H13NO2S/c1-21-16-8-2-12(3-9-16)10-15(11-18)13-4-6-14(7-5-13)17(19)20/h2-10H,1H3,(H,19,20)/p-1/b15-10-. The minimum Gasteiger partial charge on any atom is -0.545 e. The monoisotopic (exact) mass is 294 g/mol. The Morgan fingerprint density at radius 2 is 1.67 bits per heavy atom. The lowest BCUT2D eigenvalue weighted by atomic mass is 10.0. The van der Waals surface area contributed by atoms with Crippen LogP contribution in [0.25, 0.3) is 11.6 Å². The summed E-state index contributed by atoms with van der Waals surface area (Å²) in [4.78, 5) is 11.9. The Balaban J connectivity index is 2.31. The van der Waals surface area contributed by atoms with Gasteiger partial charge < -0.3 is 9.90 Å². The number of aromatic carboxylic acids is 1. The lowest BCUT2D eigenvalue weighted by Gasteiger charge is -2.04. The van der Waals surface area contributed by atoms with Crippen molar-refractivity contribution < 1.29 is 9.90 Å². The Labute approximate surface area is 127 Å². The highest BCUT2D eigenvalue weighted by atomic mass is 32.2. The number of carbonyl (C=O) groups is 1. The summed E-state index contributed by atoms with van der Waals surface area (Å²) in [6, 6.07) is 16.1. The molecule has 21 heavy (non-hydrogen) atoms. The van der Waals surface area contributed by atoms with Gasteiger partial charge in [0.05, 0.1) is 17.6 Å². The molecule has 0 N–H and O–H groups in total. The first-order chi connectivity index (χ1) is 10.1. The predicted molar refractivity (Wildman–Crippen MR) is 82.5 cm³/mol. The van der Waals surface area contributed by atoms with E-state index >= 15 is 0 Å². The largest absolute Gasteiger partial charge is 0.545 e. The number of hydrogen-bond donors (Lipinski definition) is 0. The molecule has 0 aliphatic carbocycles. The fourth-order valence-electron chi connectivity index (χ4n) is 1.83. The van der Waals surface area contributed by atoms with Crippen molar-refractivity contribution in [2.24, 2.45) is 0 Å². The number of rotatable bonds is 4. The second-order valence-electron chi connectivity index (χ2n) is 4.31. The minimum absolute atomic E-state index is 0.0976. The average molecular weight is 294 g/mol. The quantitative estimate of drug-likeness (QED) is 0.494. The van der Waals surface area contributed by atoms with Gasteiger partial charge in [0.1, 0.15) is 0 Å². The number of thioether (sulfide) groups is 1. The smallest absolute Gasteiger partial charge is 0.0998 e. The summed E-state index contributed by atoms with van der Waals surface area (Å²) in [7, 11) is 0. The van der Waals surface area contributed by atoms with E-state index in [1.807, 2.05) is 30.5 Å². The lowest BCUT2D eigenvalue weighted by molar-refractivity contribution is -0.255. The molecular formula is C17H12NO2S-. The van der Waals surface area contributed by atoms with Gasteiger partial charge in [-0.05, 0) is 41.2 Å². The topological polar surface area (TPSA) is 63.9 Å². The van der Waals surface area contributed by atoms with E-state index in [0.29, 0.717) is 11.1 Å². The van der Waals surface area contributed by atoms with Gasteiger partial charge in [-0.25, -0.2) is 0 Å². The predicted octanol–water partition coefficient (Wildman–Crippen LogP) is 2.84. The zero-order valence-corrected chi connectivity index (χ0v) is 12.2. The SMILES string of the molecule is CSc1ccc(/C=C(/C#N)c2ccc(C(=O)[O-])cc2)cc1. The molecule has 0 spiro atoms. The van der Waals surface area contributed by atoms with Crippen LogP contribution in [0.2, 0.25) is 0 Å². The summed E-state index contributed by atoms with van der Waals surface area (Å²) in [5, 5.41) is 20.0. The van der Waals surface area contributed by atoms with E-state index in [4.69, 9.17) is 0 Å². The van der Waals surface area contributed by atoms with Gasteiger partial charge in [0.15, 0.2) is 0 Å². The summed E-state index contributed by atoms with van der Waals surface area (Å²) in [5.74, 6) is -1.23. The van der Waals surface area contributed by atoms with E-state index in [1.165, 1.54) is 12.1 Å². The highest BCUT2D eigenvalue weighted by Gasteiger charge is 2.02. The average Bonchev–Trinajstić information content (AvgIpc) is 2.53. The molecule has 0 saturated heterocycles. The first-order valence-corrected chi connectivity index (χ1v) is 7.44. The number of nitrogens with zero attached hydrogens (tertiary/aromatic N) is 1. The first kappa shape index (κ1) is 14.9. The van der Waals surface area contributed by atoms with Gasteiger partial charge in [0.25, 0.3) is 0 Å². The first-order valence-electron chi connectivity index (χ1n) is 6.21. The fraction of sp³-hybridized carbons (Fsp3) is 0.0588. The van der Waals surface area contributed by atoms with Crippen molar-refractivity contribution in [3.8, 4) is 6.07 Å². The van der Waals surface area contributed by atoms with Crippen molar-refractivity contribution in [3.63, 3.8) is 0 Å². The summed E-state index contributed by atoms with van der Waals surface area (Å²) < 4.78 is 0. The Hall–Kier alpha value is -2.51. The number of allylic oxidation sites excluding steroid dienone is 1. The molecule has 2 rings (SSSR count). The van der Waals surface area contributed by atoms with Crippen LogP contribution in [0.3, 0.4) is 0 Å². The molecule has 0 saturated carbocycles. The molecule has 0 fully saturated rings. The normalized spacial score (nSPS) is 11.0. The zero-order chi connectivity index (χ0) is 15.2. The molecule has 0 radical (unpaired) electrons. The maximum Gasteiger partial charge on any atom is 0.0998 e. The van der Waals surface area contributed by atoms with Gasteiger partial charge in [-0.3, -0.25) is 0 Å². The van der Waals surface area contributed by atoms with Crippen molar-refractivity contribution in [2.75, 3.05) is 6.26 Å². The molecule has 0 heterocycles. The van der Waals surface area contributed by atoms with Gasteiger partial charge in [-0.1, -0.05) is 36.4 Å². The summed E-state index contributed by atoms with van der Waals surface area (Å²) in [6.07, 6.45) is 3.78. The van der Waals surface area contributed by atoms with Crippen molar-refractivity contribution >= 4 is 29.4 Å². The van der Waals surface area contributed by atoms with Crippen LogP contribution in [0.15, 0.2) is 53.4 Å². The van der Waals surface area contributed by atoms with Crippen LogP contribution in [0.5, 0.6) is 0 Å². The fourth-order valence-corrected chi connectivity index (χ4v) is 2.24. The maximum atomic E-state index is 10.7. The van der Waals surface area contributed by atoms with Gasteiger partial charge in [0, 0.05) is 4.90 Å². The van der Waals surface area contributed by atoms with E-state index in [9.17, 15) is 15.2 Å². The van der Waals surface area contributed by atoms with Crippen LogP contribution in [0.1, 0.15) is 21.5 Å². The molecule has 4 heteroatoms. The second-order valence-corrected chi connectivity index (χ2v) is 5.19. The number of carboxylic acids is 1. The van der Waals surface area contributed by atoms with Crippen molar-refractivity contribution in [3.05, 3.63) is 65.2 Å². The van der Waals surface area contributed by atoms with Crippen LogP contribution in [-0.4, -0.2) is 12.2 Å². The maximum absolute atomic E-state index is 10.7. The van der Waals surface area contributed by atoms with Crippen LogP contribution >= 0.6 is 11.8 Å². The summed E-state index contributed by atoms with van der Waals surface area (Å²) in [5.41, 5.74) is 2.18. The third-order valence-electron chi connectivity index (χ3n) is 2.98.